The second kappa shape index (κ2) is 17.4. The van der Waals surface area contributed by atoms with Gasteiger partial charge in [-0.1, -0.05) is 162 Å². The largest absolute Gasteiger partial charge is 0.510 e. The van der Waals surface area contributed by atoms with Gasteiger partial charge < -0.3 is 18.3 Å². The molecule has 0 spiro atoms. The van der Waals surface area contributed by atoms with Gasteiger partial charge in [0.1, 0.15) is 17.0 Å². The molecule has 0 bridgehead atoms. The minimum Gasteiger partial charge on any atom is -0.510 e. The maximum absolute atomic E-state index is 6.76. The summed E-state index contributed by atoms with van der Waals surface area (Å²) in [5.41, 5.74) is 19.0. The van der Waals surface area contributed by atoms with Crippen molar-refractivity contribution < 1.29 is 34.8 Å². The minimum atomic E-state index is -0.226. The van der Waals surface area contributed by atoms with Gasteiger partial charge in [0.15, 0.2) is 0 Å². The molecule has 0 saturated carbocycles. The van der Waals surface area contributed by atoms with Gasteiger partial charge >= 0.3 is 0 Å². The van der Waals surface area contributed by atoms with Crippen molar-refractivity contribution >= 4 is 54.8 Å². The molecule has 4 aromatic heterocycles. The van der Waals surface area contributed by atoms with Crippen molar-refractivity contribution in [2.45, 2.75) is 52.4 Å². The number of aromatic nitrogens is 4. The van der Waals surface area contributed by atoms with Crippen molar-refractivity contribution in [3.05, 3.63) is 224 Å². The first kappa shape index (κ1) is 46.5. The Labute approximate surface area is 450 Å². The van der Waals surface area contributed by atoms with Gasteiger partial charge in [0.05, 0.1) is 16.7 Å². The molecular weight excluding hydrogens is 1100 g/mol. The molecule has 0 radical (unpaired) electrons. The molecule has 1 aliphatic heterocycles. The van der Waals surface area contributed by atoms with Crippen LogP contribution in [0.15, 0.2) is 199 Å². The van der Waals surface area contributed by atoms with E-state index in [1.54, 1.807) is 0 Å². The normalized spacial score (nSPS) is 12.3. The van der Waals surface area contributed by atoms with E-state index < -0.39 is 0 Å². The summed E-state index contributed by atoms with van der Waals surface area (Å²) in [4.78, 5) is 4.89. The number of furan rings is 1. The molecule has 0 atom stereocenters. The average molecular weight is 1150 g/mol. The molecule has 5 heterocycles. The van der Waals surface area contributed by atoms with E-state index in [0.29, 0.717) is 11.5 Å². The fourth-order valence-electron chi connectivity index (χ4n) is 11.3. The average Bonchev–Trinajstić information content (AvgIpc) is 4.10. The van der Waals surface area contributed by atoms with Crippen LogP contribution in [-0.2, 0) is 31.9 Å². The van der Waals surface area contributed by atoms with Crippen LogP contribution in [-0.4, -0.2) is 14.1 Å². The van der Waals surface area contributed by atoms with Crippen molar-refractivity contribution in [3.63, 3.8) is 0 Å². The Hall–Kier alpha value is -8.31. The standard InChI is InChI=1S/C68H50N4O2.Pt/c1-67(2,3)44-34-35-69-64(38-44)72-59-25-11-9-20-51(59)52-32-30-47(40-61(52)72)73-46-17-13-16-45(39-46)70-41-71-65-55(22-14-24-58(65)68(4,5)6)56-36-42(43-29-33-63-57(37-43)53-21-10-12-27-62(53)74-63)28-31-50(56)48-18-7-8-19-49(48)54-23-15-26-60(70)66(54)71;/h7-38H,1-6H3;/q-2;. The van der Waals surface area contributed by atoms with Crippen molar-refractivity contribution in [3.8, 4) is 73.2 Å². The molecule has 7 heteroatoms. The van der Waals surface area contributed by atoms with Gasteiger partial charge in [-0.25, -0.2) is 4.98 Å². The number of rotatable bonds is 5. The first-order chi connectivity index (χ1) is 35.9. The Morgan fingerprint density at radius 1 is 0.507 bits per heavy atom. The predicted molar refractivity (Wildman–Crippen MR) is 300 cm³/mol. The summed E-state index contributed by atoms with van der Waals surface area (Å²) in [5.74, 6) is 1.99. The van der Waals surface area contributed by atoms with Crippen LogP contribution in [0.2, 0.25) is 0 Å². The van der Waals surface area contributed by atoms with E-state index >= 15 is 0 Å². The molecule has 1 aliphatic rings. The number of imidazole rings is 1. The van der Waals surface area contributed by atoms with E-state index in [4.69, 9.17) is 14.1 Å². The third kappa shape index (κ3) is 7.56. The number of para-hydroxylation sites is 4. The fraction of sp³-hybridized carbons (Fsp3) is 0.118. The molecule has 0 N–H and O–H groups in total. The number of ether oxygens (including phenoxy) is 1. The number of fused-ring (bicyclic) bond motifs is 13. The predicted octanol–water partition coefficient (Wildman–Crippen LogP) is 17.1. The molecule has 0 amide bonds. The van der Waals surface area contributed by atoms with Crippen LogP contribution in [0, 0.1) is 18.5 Å². The van der Waals surface area contributed by atoms with E-state index in [9.17, 15) is 0 Å². The van der Waals surface area contributed by atoms with Gasteiger partial charge in [0.2, 0.25) is 0 Å². The molecular formula is C68H50N4O2Pt-2. The van der Waals surface area contributed by atoms with Gasteiger partial charge in [-0.15, -0.1) is 29.7 Å². The van der Waals surface area contributed by atoms with Crippen LogP contribution in [0.25, 0.3) is 116 Å². The summed E-state index contributed by atoms with van der Waals surface area (Å²) in [6, 6.07) is 74.3. The van der Waals surface area contributed by atoms with E-state index in [0.717, 1.165) is 111 Å². The van der Waals surface area contributed by atoms with Crippen molar-refractivity contribution in [2.24, 2.45) is 0 Å². The molecule has 0 aliphatic carbocycles. The summed E-state index contributed by atoms with van der Waals surface area (Å²) in [7, 11) is 0. The smallest absolute Gasteiger partial charge is 0.268 e. The molecule has 75 heavy (non-hydrogen) atoms. The minimum absolute atomic E-state index is 0. The third-order valence-electron chi connectivity index (χ3n) is 14.9. The summed E-state index contributed by atoms with van der Waals surface area (Å²) in [6.07, 6.45) is 5.85. The van der Waals surface area contributed by atoms with Crippen LogP contribution < -0.4 is 9.30 Å². The molecule has 0 saturated heterocycles. The van der Waals surface area contributed by atoms with Crippen LogP contribution in [0.3, 0.4) is 0 Å². The molecule has 6 nitrogen and oxygen atoms in total. The number of benzene rings is 9. The molecule has 0 fully saturated rings. The van der Waals surface area contributed by atoms with Crippen LogP contribution in [0.5, 0.6) is 11.5 Å². The number of hydrogen-bond acceptors (Lipinski definition) is 3. The summed E-state index contributed by atoms with van der Waals surface area (Å²) >= 11 is 0. The molecule has 366 valence electrons. The Balaban J connectivity index is 0.00000541. The fourth-order valence-corrected chi connectivity index (χ4v) is 11.3. The van der Waals surface area contributed by atoms with Gasteiger partial charge in [-0.05, 0) is 120 Å². The topological polar surface area (TPSA) is 49.0 Å². The second-order valence-electron chi connectivity index (χ2n) is 21.6. The number of pyridine rings is 1. The first-order valence-corrected chi connectivity index (χ1v) is 25.4. The Morgan fingerprint density at radius 2 is 1.17 bits per heavy atom. The summed E-state index contributed by atoms with van der Waals surface area (Å²) < 4.78 is 19.7. The zero-order valence-corrected chi connectivity index (χ0v) is 44.7. The van der Waals surface area contributed by atoms with Crippen LogP contribution >= 0.6 is 0 Å². The van der Waals surface area contributed by atoms with E-state index in [1.165, 1.54) is 16.7 Å². The van der Waals surface area contributed by atoms with Gasteiger partial charge in [-0.3, -0.25) is 4.57 Å². The Kier molecular flexibility index (Phi) is 10.8. The monoisotopic (exact) mass is 1150 g/mol. The van der Waals surface area contributed by atoms with Gasteiger partial charge in [0, 0.05) is 55.1 Å². The second-order valence-corrected chi connectivity index (χ2v) is 21.6. The Morgan fingerprint density at radius 3 is 2.01 bits per heavy atom. The molecule has 13 aromatic rings. The SMILES string of the molecule is CC(C)(C)c1ccnc(-n2c3[c-]c(Oc4[c-]c(-n5[c-][n+]6c7c(cccc75)-c5ccccc5-c5ccc(-c7ccc8oc9ccccc9c8c7)cc5-c5cccc(C(C)(C)C)c5-6)ccc4)ccc3c3ccccc32)c1.[Pt]. The quantitative estimate of drug-likeness (QED) is 0.127. The molecule has 14 rings (SSSR count). The number of hydrogen-bond donors (Lipinski definition) is 0. The van der Waals surface area contributed by atoms with Gasteiger partial charge in [-0.2, -0.15) is 18.2 Å². The van der Waals surface area contributed by atoms with Gasteiger partial charge in [0.25, 0.3) is 6.33 Å². The van der Waals surface area contributed by atoms with Crippen LogP contribution in [0.4, 0.5) is 0 Å². The van der Waals surface area contributed by atoms with Crippen molar-refractivity contribution in [1.29, 1.82) is 0 Å². The maximum atomic E-state index is 6.76. The Bertz CT molecular complexity index is 4440. The summed E-state index contributed by atoms with van der Waals surface area (Å²) in [5, 5.41) is 4.43. The van der Waals surface area contributed by atoms with E-state index in [2.05, 4.69) is 231 Å². The van der Waals surface area contributed by atoms with E-state index in [1.807, 2.05) is 36.5 Å². The van der Waals surface area contributed by atoms with Crippen molar-refractivity contribution in [2.75, 3.05) is 0 Å². The third-order valence-corrected chi connectivity index (χ3v) is 14.9. The zero-order valence-electron chi connectivity index (χ0n) is 42.4. The van der Waals surface area contributed by atoms with Crippen molar-refractivity contribution in [1.82, 2.24) is 14.1 Å². The van der Waals surface area contributed by atoms with Crippen LogP contribution in [0.1, 0.15) is 52.7 Å². The zero-order chi connectivity index (χ0) is 50.0. The van der Waals surface area contributed by atoms with E-state index in [-0.39, 0.29) is 31.9 Å². The summed E-state index contributed by atoms with van der Waals surface area (Å²) in [6.45, 7) is 13.6. The molecule has 0 unspecified atom stereocenters. The number of nitrogens with zero attached hydrogens (tertiary/aromatic N) is 4. The first-order valence-electron chi connectivity index (χ1n) is 25.4. The molecule has 9 aromatic carbocycles. The maximum Gasteiger partial charge on any atom is 0.268 e.